The zero-order valence-corrected chi connectivity index (χ0v) is 16.1. The van der Waals surface area contributed by atoms with Gasteiger partial charge in [-0.3, -0.25) is 0 Å². The first-order valence-electron chi connectivity index (χ1n) is 8.99. The molecule has 0 bridgehead atoms. The predicted molar refractivity (Wildman–Crippen MR) is 103 cm³/mol. The molecule has 0 saturated heterocycles. The lowest BCUT2D eigenvalue weighted by Crippen LogP contribution is -2.21. The summed E-state index contributed by atoms with van der Waals surface area (Å²) in [7, 11) is 0. The molecule has 1 rings (SSSR count). The molecule has 26 heavy (non-hydrogen) atoms. The number of carbonyl (C=O) groups excluding carboxylic acids is 2. The average Bonchev–Trinajstić information content (AvgIpc) is 2.59. The normalized spacial score (nSPS) is 11.3. The molecule has 0 heterocycles. The summed E-state index contributed by atoms with van der Waals surface area (Å²) in [5, 5.41) is 0. The Morgan fingerprint density at radius 1 is 1.15 bits per heavy atom. The molecule has 0 saturated carbocycles. The van der Waals surface area contributed by atoms with Gasteiger partial charge in [-0.15, -0.1) is 0 Å². The Kier molecular flexibility index (Phi) is 9.22. The molecule has 0 aromatic heterocycles. The minimum absolute atomic E-state index is 0.194. The number of hydrogen-bond acceptors (Lipinski definition) is 4. The fourth-order valence-corrected chi connectivity index (χ4v) is 2.19. The van der Waals surface area contributed by atoms with Crippen LogP contribution in [0.4, 0.5) is 0 Å². The van der Waals surface area contributed by atoms with E-state index in [1.54, 1.807) is 31.2 Å². The number of allylic oxidation sites excluding steroid dienone is 1. The van der Waals surface area contributed by atoms with Gasteiger partial charge in [-0.25, -0.2) is 9.59 Å². The van der Waals surface area contributed by atoms with E-state index in [4.69, 9.17) is 9.47 Å². The van der Waals surface area contributed by atoms with Crippen LogP contribution < -0.4 is 0 Å². The second-order valence-electron chi connectivity index (χ2n) is 6.61. The fourth-order valence-electron chi connectivity index (χ4n) is 2.19. The molecule has 0 aliphatic carbocycles. The monoisotopic (exact) mass is 356 g/mol. The van der Waals surface area contributed by atoms with Crippen molar-refractivity contribution in [2.75, 3.05) is 6.61 Å². The van der Waals surface area contributed by atoms with Crippen LogP contribution in [0.5, 0.6) is 0 Å². The Labute approximate surface area is 156 Å². The summed E-state index contributed by atoms with van der Waals surface area (Å²) < 4.78 is 10.8. The first kappa shape index (κ1) is 21.5. The number of carbonyl (C=O) groups is 2. The molecule has 0 aliphatic rings. The van der Waals surface area contributed by atoms with E-state index in [9.17, 15) is 9.59 Å². The topological polar surface area (TPSA) is 52.6 Å². The van der Waals surface area contributed by atoms with Crippen LogP contribution in [0.2, 0.25) is 0 Å². The summed E-state index contributed by atoms with van der Waals surface area (Å²) >= 11 is 0. The van der Waals surface area contributed by atoms with E-state index in [1.165, 1.54) is 0 Å². The Morgan fingerprint density at radius 3 is 2.31 bits per heavy atom. The van der Waals surface area contributed by atoms with E-state index in [0.29, 0.717) is 24.5 Å². The van der Waals surface area contributed by atoms with Crippen molar-refractivity contribution < 1.29 is 19.1 Å². The van der Waals surface area contributed by atoms with Gasteiger partial charge in [0.25, 0.3) is 0 Å². The van der Waals surface area contributed by atoms with Crippen molar-refractivity contribution in [2.45, 2.75) is 53.1 Å². The first-order chi connectivity index (χ1) is 12.3. The molecule has 4 nitrogen and oxygen atoms in total. The molecule has 0 amide bonds. The molecule has 0 radical (unpaired) electrons. The molecule has 0 aliphatic heterocycles. The van der Waals surface area contributed by atoms with Crippen molar-refractivity contribution in [2.24, 2.45) is 5.92 Å². The molecule has 1 atom stereocenters. The van der Waals surface area contributed by atoms with E-state index >= 15 is 0 Å². The number of benzene rings is 1. The van der Waals surface area contributed by atoms with Crippen LogP contribution in [0.3, 0.4) is 0 Å². The zero-order chi connectivity index (χ0) is 19.5. The van der Waals surface area contributed by atoms with Crippen LogP contribution >= 0.6 is 0 Å². The average molecular weight is 356 g/mol. The summed E-state index contributed by atoms with van der Waals surface area (Å²) in [5.74, 6) is 5.02. The van der Waals surface area contributed by atoms with Crippen molar-refractivity contribution >= 4 is 11.9 Å². The zero-order valence-electron chi connectivity index (χ0n) is 16.1. The van der Waals surface area contributed by atoms with Crippen LogP contribution in [0.1, 0.15) is 67.7 Å². The van der Waals surface area contributed by atoms with Crippen LogP contribution in [-0.2, 0) is 9.47 Å². The van der Waals surface area contributed by atoms with Crippen molar-refractivity contribution in [1.82, 2.24) is 0 Å². The van der Waals surface area contributed by atoms with Gasteiger partial charge in [0.15, 0.2) is 6.10 Å². The molecule has 140 valence electrons. The second-order valence-corrected chi connectivity index (χ2v) is 6.61. The largest absolute Gasteiger partial charge is 0.462 e. The number of esters is 2. The maximum atomic E-state index is 12.6. The first-order valence-corrected chi connectivity index (χ1v) is 8.99. The maximum absolute atomic E-state index is 12.6. The van der Waals surface area contributed by atoms with E-state index < -0.39 is 18.0 Å². The van der Waals surface area contributed by atoms with Crippen LogP contribution in [-0.4, -0.2) is 24.6 Å². The highest BCUT2D eigenvalue weighted by molar-refractivity contribution is 6.03. The van der Waals surface area contributed by atoms with E-state index in [-0.39, 0.29) is 11.1 Å². The number of hydrogen-bond donors (Lipinski definition) is 0. The minimum Gasteiger partial charge on any atom is -0.462 e. The summed E-state index contributed by atoms with van der Waals surface area (Å²) in [6.45, 7) is 11.9. The van der Waals surface area contributed by atoms with Gasteiger partial charge in [-0.05, 0) is 43.4 Å². The molecular formula is C22H28O4. The van der Waals surface area contributed by atoms with Gasteiger partial charge in [0.1, 0.15) is 0 Å². The van der Waals surface area contributed by atoms with Gasteiger partial charge in [0, 0.05) is 0 Å². The molecule has 1 aromatic carbocycles. The molecular weight excluding hydrogens is 328 g/mol. The van der Waals surface area contributed by atoms with E-state index in [2.05, 4.69) is 18.4 Å². The van der Waals surface area contributed by atoms with Crippen LogP contribution in [0.15, 0.2) is 36.4 Å². The van der Waals surface area contributed by atoms with Crippen molar-refractivity contribution in [3.05, 3.63) is 47.5 Å². The molecule has 0 fully saturated rings. The van der Waals surface area contributed by atoms with Gasteiger partial charge in [0.05, 0.1) is 17.7 Å². The predicted octanol–water partition coefficient (Wildman–Crippen LogP) is 4.79. The van der Waals surface area contributed by atoms with Gasteiger partial charge in [-0.1, -0.05) is 57.7 Å². The quantitative estimate of drug-likeness (QED) is 0.382. The third-order valence-corrected chi connectivity index (χ3v) is 3.48. The number of rotatable bonds is 8. The molecule has 0 N–H and O–H groups in total. The van der Waals surface area contributed by atoms with Crippen molar-refractivity contribution in [1.29, 1.82) is 0 Å². The Morgan fingerprint density at radius 2 is 1.77 bits per heavy atom. The lowest BCUT2D eigenvalue weighted by atomic mass is 10.0. The van der Waals surface area contributed by atoms with E-state index in [0.717, 1.165) is 12.8 Å². The van der Waals surface area contributed by atoms with Crippen molar-refractivity contribution in [3.63, 3.8) is 0 Å². The van der Waals surface area contributed by atoms with Crippen LogP contribution in [0, 0.1) is 17.8 Å². The third kappa shape index (κ3) is 7.57. The highest BCUT2D eigenvalue weighted by Gasteiger charge is 2.22. The summed E-state index contributed by atoms with van der Waals surface area (Å²) in [6.07, 6.45) is 1.76. The molecule has 1 aromatic rings. The van der Waals surface area contributed by atoms with Gasteiger partial charge in [0.2, 0.25) is 0 Å². The lowest BCUT2D eigenvalue weighted by molar-refractivity contribution is 0.0361. The summed E-state index contributed by atoms with van der Waals surface area (Å²) in [4.78, 5) is 24.9. The van der Waals surface area contributed by atoms with Gasteiger partial charge in [-0.2, -0.15) is 0 Å². The Bertz CT molecular complexity index is 692. The molecule has 4 heteroatoms. The van der Waals surface area contributed by atoms with Gasteiger partial charge >= 0.3 is 11.9 Å². The number of unbranched alkanes of at least 4 members (excludes halogenated alkanes) is 1. The smallest absolute Gasteiger partial charge is 0.340 e. The number of ether oxygens (including phenoxy) is 2. The third-order valence-electron chi connectivity index (χ3n) is 3.48. The second kappa shape index (κ2) is 11.1. The van der Waals surface area contributed by atoms with E-state index in [1.807, 2.05) is 20.8 Å². The lowest BCUT2D eigenvalue weighted by Gasteiger charge is -2.16. The molecule has 0 spiro atoms. The van der Waals surface area contributed by atoms with Gasteiger partial charge < -0.3 is 9.47 Å². The van der Waals surface area contributed by atoms with Crippen LogP contribution in [0.25, 0.3) is 0 Å². The summed E-state index contributed by atoms with van der Waals surface area (Å²) in [6, 6.07) is 6.52. The highest BCUT2D eigenvalue weighted by Crippen LogP contribution is 2.16. The van der Waals surface area contributed by atoms with Crippen molar-refractivity contribution in [3.8, 4) is 11.8 Å². The minimum atomic E-state index is -0.574. The Hall–Kier alpha value is -2.54. The maximum Gasteiger partial charge on any atom is 0.340 e. The summed E-state index contributed by atoms with van der Waals surface area (Å²) in [5.41, 5.74) is 1.11. The molecule has 1 unspecified atom stereocenters. The SMILES string of the molecule is C=C(C)C#CC(CC(C)C)OC(=O)c1ccccc1C(=O)OCCCC. The fraction of sp³-hybridized carbons (Fsp3) is 0.455. The standard InChI is InChI=1S/C22H28O4/c1-6-7-14-25-21(23)19-10-8-9-11-20(19)22(24)26-18(15-17(4)5)13-12-16(2)3/h8-11,17-18H,2,6-7,14-15H2,1,3-5H3. The highest BCUT2D eigenvalue weighted by atomic mass is 16.5. The Balaban J connectivity index is 2.96.